The maximum absolute atomic E-state index is 13.5. The lowest BCUT2D eigenvalue weighted by Crippen LogP contribution is -2.51. The lowest BCUT2D eigenvalue weighted by molar-refractivity contribution is -0.135. The fraction of sp³-hybridized carbons (Fsp3) is 0.390. The number of carbonyl (C=O) groups excluding carboxylic acids is 4. The van der Waals surface area contributed by atoms with Crippen molar-refractivity contribution in [2.45, 2.75) is 51.6 Å². The first-order valence-electron chi connectivity index (χ1n) is 18.5. The Bertz CT molecular complexity index is 1930. The third-order valence-electron chi connectivity index (χ3n) is 10.5. The highest BCUT2D eigenvalue weighted by Gasteiger charge is 2.38. The summed E-state index contributed by atoms with van der Waals surface area (Å²) in [4.78, 5) is 65.0. The molecule has 1 aliphatic carbocycles. The van der Waals surface area contributed by atoms with Gasteiger partial charge in [0.05, 0.1) is 18.8 Å². The van der Waals surface area contributed by atoms with Gasteiger partial charge in [-0.15, -0.1) is 0 Å². The van der Waals surface area contributed by atoms with Crippen LogP contribution in [0.5, 0.6) is 0 Å². The molecule has 2 atom stereocenters. The predicted octanol–water partition coefficient (Wildman–Crippen LogP) is 6.10. The van der Waals surface area contributed by atoms with E-state index in [4.69, 9.17) is 9.72 Å². The topological polar surface area (TPSA) is 140 Å². The third-order valence-corrected chi connectivity index (χ3v) is 10.5. The molecule has 7 rings (SSSR count). The van der Waals surface area contributed by atoms with Gasteiger partial charge < -0.3 is 35.1 Å². The van der Waals surface area contributed by atoms with E-state index in [1.165, 1.54) is 7.11 Å². The number of amides is 4. The summed E-state index contributed by atoms with van der Waals surface area (Å²) >= 11 is 0. The molecule has 1 saturated carbocycles. The Morgan fingerprint density at radius 3 is 2.08 bits per heavy atom. The number of methoxy groups -OCH3 is 1. The minimum absolute atomic E-state index is 0.101. The summed E-state index contributed by atoms with van der Waals surface area (Å²) in [5.74, 6) is 0.872. The molecule has 3 N–H and O–H groups in total. The molecular weight excluding hydrogens is 670 g/mol. The second kappa shape index (κ2) is 15.5. The number of ether oxygens (including phenoxy) is 1. The molecule has 1 aromatic heterocycles. The SMILES string of the molecule is COC(=O)N[C@H](C(=O)N1CCC[C@H]1c1nc(-c2ccc(-c3ccc(NC(=O)c4ccc(N5CCN(C(=O)C6CC6)CC5)cc4)cc3)cc2)c[nH]1)C(C)C. The van der Waals surface area contributed by atoms with Crippen LogP contribution in [-0.2, 0) is 14.3 Å². The van der Waals surface area contributed by atoms with Crippen LogP contribution in [-0.4, -0.2) is 89.5 Å². The molecule has 2 aliphatic heterocycles. The van der Waals surface area contributed by atoms with Crippen LogP contribution in [0, 0.1) is 11.8 Å². The normalized spacial score (nSPS) is 17.8. The number of hydrogen-bond acceptors (Lipinski definition) is 7. The standard InChI is InChI=1S/C41H47N7O5/c1-26(2)36(45-41(52)53-3)40(51)48-20-4-5-35(48)37-42-25-34(44-37)29-8-6-27(7-9-29)28-12-16-32(17-13-28)43-38(49)30-14-18-33(19-15-30)46-21-23-47(24-22-46)39(50)31-10-11-31/h6-9,12-19,25-26,31,35-36H,4-5,10-11,20-24H2,1-3H3,(H,42,44)(H,43,49)(H,45,52)/t35-,36-/m0/s1. The molecule has 53 heavy (non-hydrogen) atoms. The van der Waals surface area contributed by atoms with E-state index in [0.29, 0.717) is 23.7 Å². The summed E-state index contributed by atoms with van der Waals surface area (Å²) < 4.78 is 4.74. The number of nitrogens with zero attached hydrogens (tertiary/aromatic N) is 4. The summed E-state index contributed by atoms with van der Waals surface area (Å²) in [6.07, 6.45) is 4.94. The molecule has 0 radical (unpaired) electrons. The van der Waals surface area contributed by atoms with Gasteiger partial charge in [0.25, 0.3) is 5.91 Å². The molecule has 4 aromatic rings. The van der Waals surface area contributed by atoms with Crippen molar-refractivity contribution < 1.29 is 23.9 Å². The number of carbonyl (C=O) groups is 4. The molecule has 0 spiro atoms. The van der Waals surface area contributed by atoms with Crippen molar-refractivity contribution >= 4 is 35.2 Å². The molecule has 3 heterocycles. The minimum Gasteiger partial charge on any atom is -0.453 e. The van der Waals surface area contributed by atoms with Crippen molar-refractivity contribution in [2.24, 2.45) is 11.8 Å². The van der Waals surface area contributed by atoms with Crippen LogP contribution >= 0.6 is 0 Å². The zero-order chi connectivity index (χ0) is 37.1. The lowest BCUT2D eigenvalue weighted by Gasteiger charge is -2.36. The van der Waals surface area contributed by atoms with Gasteiger partial charge in [0, 0.05) is 67.3 Å². The highest BCUT2D eigenvalue weighted by molar-refractivity contribution is 6.04. The van der Waals surface area contributed by atoms with Crippen LogP contribution < -0.4 is 15.5 Å². The number of hydrogen-bond donors (Lipinski definition) is 3. The number of aromatic amines is 1. The van der Waals surface area contributed by atoms with Crippen molar-refractivity contribution in [2.75, 3.05) is 50.1 Å². The Balaban J connectivity index is 0.932. The van der Waals surface area contributed by atoms with Gasteiger partial charge in [0.1, 0.15) is 11.9 Å². The molecule has 0 bridgehead atoms. The van der Waals surface area contributed by atoms with Crippen LogP contribution in [0.4, 0.5) is 16.2 Å². The van der Waals surface area contributed by atoms with Crippen molar-refractivity contribution in [1.29, 1.82) is 0 Å². The van der Waals surface area contributed by atoms with Gasteiger partial charge in [-0.05, 0) is 79.1 Å². The molecular formula is C41H47N7O5. The van der Waals surface area contributed by atoms with Crippen molar-refractivity contribution in [1.82, 2.24) is 25.1 Å². The van der Waals surface area contributed by atoms with Crippen molar-refractivity contribution in [3.05, 3.63) is 90.4 Å². The van der Waals surface area contributed by atoms with Crippen LogP contribution in [0.15, 0.2) is 79.0 Å². The van der Waals surface area contributed by atoms with E-state index >= 15 is 0 Å². The number of piperazine rings is 1. The van der Waals surface area contributed by atoms with Gasteiger partial charge in [-0.3, -0.25) is 14.4 Å². The number of nitrogens with one attached hydrogen (secondary N) is 3. The van der Waals surface area contributed by atoms with Crippen LogP contribution in [0.3, 0.4) is 0 Å². The number of likely N-dealkylation sites (tertiary alicyclic amines) is 1. The molecule has 3 aliphatic rings. The highest BCUT2D eigenvalue weighted by atomic mass is 16.5. The average molecular weight is 718 g/mol. The second-order valence-corrected chi connectivity index (χ2v) is 14.5. The quantitative estimate of drug-likeness (QED) is 0.180. The summed E-state index contributed by atoms with van der Waals surface area (Å²) in [5.41, 5.74) is 6.12. The maximum atomic E-state index is 13.5. The van der Waals surface area contributed by atoms with Gasteiger partial charge in [-0.1, -0.05) is 50.2 Å². The van der Waals surface area contributed by atoms with Crippen LogP contribution in [0.1, 0.15) is 61.8 Å². The number of alkyl carbamates (subject to hydrolysis) is 1. The average Bonchev–Trinajstić information content (AvgIpc) is 3.71. The number of H-pyrrole nitrogens is 1. The molecule has 0 unspecified atom stereocenters. The first-order chi connectivity index (χ1) is 25.7. The Labute approximate surface area is 309 Å². The number of imidazole rings is 1. The van der Waals surface area contributed by atoms with E-state index in [9.17, 15) is 19.2 Å². The Morgan fingerprint density at radius 2 is 1.45 bits per heavy atom. The van der Waals surface area contributed by atoms with Gasteiger partial charge in [0.2, 0.25) is 11.8 Å². The summed E-state index contributed by atoms with van der Waals surface area (Å²) in [5, 5.41) is 5.69. The fourth-order valence-corrected chi connectivity index (χ4v) is 7.23. The summed E-state index contributed by atoms with van der Waals surface area (Å²) in [6, 6.07) is 22.7. The van der Waals surface area contributed by atoms with E-state index in [0.717, 1.165) is 85.8 Å². The number of aromatic nitrogens is 2. The van der Waals surface area contributed by atoms with Gasteiger partial charge in [-0.25, -0.2) is 9.78 Å². The molecule has 3 fully saturated rings. The summed E-state index contributed by atoms with van der Waals surface area (Å²) in [6.45, 7) is 7.47. The molecule has 3 aromatic carbocycles. The minimum atomic E-state index is -0.684. The Morgan fingerprint density at radius 1 is 0.811 bits per heavy atom. The smallest absolute Gasteiger partial charge is 0.407 e. The Hall–Kier alpha value is -5.65. The predicted molar refractivity (Wildman–Crippen MR) is 203 cm³/mol. The Kier molecular flexibility index (Phi) is 10.5. The second-order valence-electron chi connectivity index (χ2n) is 14.5. The maximum Gasteiger partial charge on any atom is 0.407 e. The van der Waals surface area contributed by atoms with E-state index in [1.807, 2.05) is 97.7 Å². The summed E-state index contributed by atoms with van der Waals surface area (Å²) in [7, 11) is 1.29. The van der Waals surface area contributed by atoms with Gasteiger partial charge in [0.15, 0.2) is 0 Å². The number of benzene rings is 3. The monoisotopic (exact) mass is 717 g/mol. The van der Waals surface area contributed by atoms with Crippen molar-refractivity contribution in [3.8, 4) is 22.4 Å². The number of anilines is 2. The fourth-order valence-electron chi connectivity index (χ4n) is 7.23. The molecule has 2 saturated heterocycles. The third kappa shape index (κ3) is 8.06. The molecule has 4 amide bonds. The largest absolute Gasteiger partial charge is 0.453 e. The van der Waals surface area contributed by atoms with Crippen LogP contribution in [0.25, 0.3) is 22.4 Å². The zero-order valence-electron chi connectivity index (χ0n) is 30.5. The zero-order valence-corrected chi connectivity index (χ0v) is 30.5. The van der Waals surface area contributed by atoms with E-state index in [-0.39, 0.29) is 29.7 Å². The van der Waals surface area contributed by atoms with Gasteiger partial charge in [-0.2, -0.15) is 0 Å². The van der Waals surface area contributed by atoms with Crippen LogP contribution in [0.2, 0.25) is 0 Å². The van der Waals surface area contributed by atoms with Crippen molar-refractivity contribution in [3.63, 3.8) is 0 Å². The first kappa shape index (κ1) is 35.7. The number of rotatable bonds is 10. The molecule has 12 heteroatoms. The van der Waals surface area contributed by atoms with E-state index in [2.05, 4.69) is 20.5 Å². The highest BCUT2D eigenvalue weighted by Crippen LogP contribution is 2.34. The lowest BCUT2D eigenvalue weighted by atomic mass is 10.0. The van der Waals surface area contributed by atoms with Gasteiger partial charge >= 0.3 is 6.09 Å². The first-order valence-corrected chi connectivity index (χ1v) is 18.5. The molecule has 276 valence electrons. The van der Waals surface area contributed by atoms with E-state index in [1.54, 1.807) is 4.90 Å². The molecule has 12 nitrogen and oxygen atoms in total. The van der Waals surface area contributed by atoms with E-state index < -0.39 is 12.1 Å².